The first-order chi connectivity index (χ1) is 9.70. The number of nitrogens with zero attached hydrogens (tertiary/aromatic N) is 1. The Labute approximate surface area is 123 Å². The van der Waals surface area contributed by atoms with Gasteiger partial charge in [-0.25, -0.2) is 0 Å². The number of amides is 2. The molecule has 5 heteroatoms. The SMILES string of the molecule is COc1ccc(SCCCCN2C(=O)CCC2=O)cc1. The smallest absolute Gasteiger partial charge is 0.229 e. The van der Waals surface area contributed by atoms with E-state index in [2.05, 4.69) is 0 Å². The Balaban J connectivity index is 1.63. The average molecular weight is 293 g/mol. The van der Waals surface area contributed by atoms with Crippen molar-refractivity contribution < 1.29 is 14.3 Å². The van der Waals surface area contributed by atoms with Crippen LogP contribution >= 0.6 is 11.8 Å². The zero-order valence-corrected chi connectivity index (χ0v) is 12.4. The van der Waals surface area contributed by atoms with Gasteiger partial charge in [-0.15, -0.1) is 11.8 Å². The number of hydrogen-bond acceptors (Lipinski definition) is 4. The van der Waals surface area contributed by atoms with E-state index in [0.29, 0.717) is 19.4 Å². The zero-order chi connectivity index (χ0) is 14.4. The number of benzene rings is 1. The first-order valence-electron chi connectivity index (χ1n) is 6.81. The van der Waals surface area contributed by atoms with Gasteiger partial charge in [0.25, 0.3) is 0 Å². The molecule has 1 saturated heterocycles. The molecule has 0 saturated carbocycles. The van der Waals surface area contributed by atoms with Crippen LogP contribution in [0.1, 0.15) is 25.7 Å². The Morgan fingerprint density at radius 2 is 1.75 bits per heavy atom. The fourth-order valence-corrected chi connectivity index (χ4v) is 3.02. The molecule has 1 aliphatic heterocycles. The highest BCUT2D eigenvalue weighted by Crippen LogP contribution is 2.22. The van der Waals surface area contributed by atoms with Gasteiger partial charge in [0.2, 0.25) is 11.8 Å². The van der Waals surface area contributed by atoms with Gasteiger partial charge in [0, 0.05) is 24.3 Å². The number of methoxy groups -OCH3 is 1. The third-order valence-corrected chi connectivity index (χ3v) is 4.36. The van der Waals surface area contributed by atoms with E-state index in [1.165, 1.54) is 9.80 Å². The summed E-state index contributed by atoms with van der Waals surface area (Å²) in [4.78, 5) is 25.4. The first-order valence-corrected chi connectivity index (χ1v) is 7.79. The maximum absolute atomic E-state index is 11.4. The molecule has 0 bridgehead atoms. The summed E-state index contributed by atoms with van der Waals surface area (Å²) in [5.41, 5.74) is 0. The highest BCUT2D eigenvalue weighted by molar-refractivity contribution is 7.99. The third kappa shape index (κ3) is 4.00. The van der Waals surface area contributed by atoms with E-state index < -0.39 is 0 Å². The van der Waals surface area contributed by atoms with Crippen LogP contribution in [-0.4, -0.2) is 36.1 Å². The van der Waals surface area contributed by atoms with Gasteiger partial charge in [0.05, 0.1) is 7.11 Å². The molecular weight excluding hydrogens is 274 g/mol. The predicted octanol–water partition coefficient (Wildman–Crippen LogP) is 2.72. The zero-order valence-electron chi connectivity index (χ0n) is 11.6. The number of carbonyl (C=O) groups excluding carboxylic acids is 2. The Bertz CT molecular complexity index is 457. The van der Waals surface area contributed by atoms with Crippen LogP contribution in [0, 0.1) is 0 Å². The number of carbonyl (C=O) groups is 2. The molecule has 1 aliphatic rings. The quantitative estimate of drug-likeness (QED) is 0.440. The van der Waals surface area contributed by atoms with Gasteiger partial charge in [-0.3, -0.25) is 14.5 Å². The van der Waals surface area contributed by atoms with Crippen LogP contribution in [0.25, 0.3) is 0 Å². The lowest BCUT2D eigenvalue weighted by molar-refractivity contribution is -0.138. The molecule has 1 heterocycles. The second-order valence-electron chi connectivity index (χ2n) is 4.67. The molecule has 0 spiro atoms. The summed E-state index contributed by atoms with van der Waals surface area (Å²) in [6, 6.07) is 7.97. The highest BCUT2D eigenvalue weighted by atomic mass is 32.2. The number of rotatable bonds is 7. The Kier molecular flexibility index (Phi) is 5.47. The maximum atomic E-state index is 11.4. The van der Waals surface area contributed by atoms with Crippen molar-refractivity contribution in [3.63, 3.8) is 0 Å². The molecule has 4 nitrogen and oxygen atoms in total. The molecule has 0 aliphatic carbocycles. The first kappa shape index (κ1) is 14.9. The van der Waals surface area contributed by atoms with Crippen LogP contribution in [0.2, 0.25) is 0 Å². The topological polar surface area (TPSA) is 46.6 Å². The second kappa shape index (κ2) is 7.33. The van der Waals surface area contributed by atoms with Gasteiger partial charge in [-0.05, 0) is 42.9 Å². The number of unbranched alkanes of at least 4 members (excludes halogenated alkanes) is 1. The van der Waals surface area contributed by atoms with Crippen molar-refractivity contribution in [3.8, 4) is 5.75 Å². The van der Waals surface area contributed by atoms with E-state index in [-0.39, 0.29) is 11.8 Å². The van der Waals surface area contributed by atoms with Gasteiger partial charge in [0.15, 0.2) is 0 Å². The van der Waals surface area contributed by atoms with Crippen LogP contribution in [-0.2, 0) is 9.59 Å². The lowest BCUT2D eigenvalue weighted by Crippen LogP contribution is -2.30. The Morgan fingerprint density at radius 3 is 2.35 bits per heavy atom. The summed E-state index contributed by atoms with van der Waals surface area (Å²) >= 11 is 1.78. The molecule has 0 aromatic heterocycles. The molecule has 0 unspecified atom stereocenters. The average Bonchev–Trinajstić information content (AvgIpc) is 2.79. The van der Waals surface area contributed by atoms with Gasteiger partial charge >= 0.3 is 0 Å². The van der Waals surface area contributed by atoms with Crippen LogP contribution < -0.4 is 4.74 Å². The fourth-order valence-electron chi connectivity index (χ4n) is 2.11. The molecule has 0 atom stereocenters. The largest absolute Gasteiger partial charge is 0.497 e. The summed E-state index contributed by atoms with van der Waals surface area (Å²) < 4.78 is 5.11. The molecule has 108 valence electrons. The number of likely N-dealkylation sites (tertiary alicyclic amines) is 1. The van der Waals surface area contributed by atoms with E-state index in [9.17, 15) is 9.59 Å². The van der Waals surface area contributed by atoms with Crippen molar-refractivity contribution in [3.05, 3.63) is 24.3 Å². The van der Waals surface area contributed by atoms with Gasteiger partial charge in [-0.1, -0.05) is 0 Å². The summed E-state index contributed by atoms with van der Waals surface area (Å²) in [7, 11) is 1.66. The minimum atomic E-state index is -0.0159. The van der Waals surface area contributed by atoms with Crippen molar-refractivity contribution in [2.45, 2.75) is 30.6 Å². The second-order valence-corrected chi connectivity index (χ2v) is 5.84. The molecule has 0 radical (unpaired) electrons. The fraction of sp³-hybridized carbons (Fsp3) is 0.467. The normalized spacial score (nSPS) is 14.9. The minimum Gasteiger partial charge on any atom is -0.497 e. The molecular formula is C15H19NO3S. The lowest BCUT2D eigenvalue weighted by atomic mass is 10.3. The summed E-state index contributed by atoms with van der Waals surface area (Å²) in [5, 5.41) is 0. The predicted molar refractivity (Wildman–Crippen MR) is 78.9 cm³/mol. The standard InChI is InChI=1S/C15H19NO3S/c1-19-12-4-6-13(7-5-12)20-11-3-2-10-16-14(17)8-9-15(16)18/h4-7H,2-3,8-11H2,1H3. The molecule has 20 heavy (non-hydrogen) atoms. The van der Waals surface area contributed by atoms with Crippen LogP contribution in [0.15, 0.2) is 29.2 Å². The maximum Gasteiger partial charge on any atom is 0.229 e. The van der Waals surface area contributed by atoms with Crippen molar-refractivity contribution in [2.75, 3.05) is 19.4 Å². The van der Waals surface area contributed by atoms with Gasteiger partial charge < -0.3 is 4.74 Å². The van der Waals surface area contributed by atoms with Gasteiger partial charge in [-0.2, -0.15) is 0 Å². The molecule has 1 aromatic carbocycles. The van der Waals surface area contributed by atoms with E-state index in [1.54, 1.807) is 18.9 Å². The van der Waals surface area contributed by atoms with E-state index >= 15 is 0 Å². The number of imide groups is 1. The lowest BCUT2D eigenvalue weighted by Gasteiger charge is -2.13. The summed E-state index contributed by atoms with van der Waals surface area (Å²) in [6.45, 7) is 0.570. The molecule has 2 amide bonds. The molecule has 0 N–H and O–H groups in total. The van der Waals surface area contributed by atoms with Crippen molar-refractivity contribution in [1.29, 1.82) is 0 Å². The van der Waals surface area contributed by atoms with Crippen LogP contribution in [0.3, 0.4) is 0 Å². The van der Waals surface area contributed by atoms with Crippen molar-refractivity contribution in [1.82, 2.24) is 4.90 Å². The summed E-state index contributed by atoms with van der Waals surface area (Å²) in [6.07, 6.45) is 2.65. The number of thioether (sulfide) groups is 1. The molecule has 2 rings (SSSR count). The van der Waals surface area contributed by atoms with Crippen LogP contribution in [0.5, 0.6) is 5.75 Å². The monoisotopic (exact) mass is 293 g/mol. The molecule has 1 aromatic rings. The third-order valence-electron chi connectivity index (χ3n) is 3.26. The minimum absolute atomic E-state index is 0.0159. The van der Waals surface area contributed by atoms with E-state index in [1.807, 2.05) is 24.3 Å². The van der Waals surface area contributed by atoms with E-state index in [0.717, 1.165) is 24.3 Å². The van der Waals surface area contributed by atoms with Gasteiger partial charge in [0.1, 0.15) is 5.75 Å². The summed E-state index contributed by atoms with van der Waals surface area (Å²) in [5.74, 6) is 1.82. The Hall–Kier alpha value is -1.49. The van der Waals surface area contributed by atoms with E-state index in [4.69, 9.17) is 4.74 Å². The number of ether oxygens (including phenoxy) is 1. The van der Waals surface area contributed by atoms with Crippen molar-refractivity contribution in [2.24, 2.45) is 0 Å². The Morgan fingerprint density at radius 1 is 1.10 bits per heavy atom. The van der Waals surface area contributed by atoms with Crippen molar-refractivity contribution >= 4 is 23.6 Å². The number of hydrogen-bond donors (Lipinski definition) is 0. The molecule has 1 fully saturated rings. The van der Waals surface area contributed by atoms with Crippen LogP contribution in [0.4, 0.5) is 0 Å². The highest BCUT2D eigenvalue weighted by Gasteiger charge is 2.27.